The number of unbranched alkanes of at least 4 members (excludes halogenated alkanes) is 1. The smallest absolute Gasteiger partial charge is 0.246 e. The van der Waals surface area contributed by atoms with Crippen LogP contribution in [0.4, 0.5) is 21.8 Å². The summed E-state index contributed by atoms with van der Waals surface area (Å²) >= 11 is 0. The summed E-state index contributed by atoms with van der Waals surface area (Å²) in [7, 11) is 5.42. The molecule has 1 aromatic carbocycles. The number of benzene rings is 1. The third-order valence-electron chi connectivity index (χ3n) is 5.72. The molecule has 1 heterocycles. The van der Waals surface area contributed by atoms with E-state index in [1.165, 1.54) is 23.1 Å². The van der Waals surface area contributed by atoms with E-state index in [9.17, 15) is 14.0 Å². The molecule has 0 spiro atoms. The van der Waals surface area contributed by atoms with Crippen LogP contribution in [-0.4, -0.2) is 78.4 Å². The number of likely N-dealkylation sites (N-methyl/N-ethyl adjacent to an activating group) is 2. The second-order valence-electron chi connectivity index (χ2n) is 9.30. The van der Waals surface area contributed by atoms with E-state index >= 15 is 0 Å². The molecule has 2 rings (SSSR count). The van der Waals surface area contributed by atoms with E-state index in [1.807, 2.05) is 25.9 Å². The maximum Gasteiger partial charge on any atom is 0.246 e. The highest BCUT2D eigenvalue weighted by Crippen LogP contribution is 2.19. The van der Waals surface area contributed by atoms with Gasteiger partial charge in [-0.1, -0.05) is 24.8 Å². The Bertz CT molecular complexity index is 1290. The van der Waals surface area contributed by atoms with Crippen molar-refractivity contribution in [2.75, 3.05) is 51.4 Å². The Hall–Kier alpha value is -4.48. The summed E-state index contributed by atoms with van der Waals surface area (Å²) in [6, 6.07) is 5.38. The fourth-order valence-corrected chi connectivity index (χ4v) is 3.27. The molecule has 0 saturated heterocycles. The first-order chi connectivity index (χ1) is 19.2. The number of anilines is 3. The van der Waals surface area contributed by atoms with E-state index in [-0.39, 0.29) is 23.3 Å². The Kier molecular flexibility index (Phi) is 13.1. The Morgan fingerprint density at radius 2 is 1.98 bits per heavy atom. The number of carbonyl (C=O) groups is 2. The van der Waals surface area contributed by atoms with Crippen LogP contribution in [0.5, 0.6) is 0 Å². The zero-order valence-electron chi connectivity index (χ0n) is 23.7. The van der Waals surface area contributed by atoms with Crippen molar-refractivity contribution in [3.05, 3.63) is 53.5 Å². The number of nitriles is 1. The lowest BCUT2D eigenvalue weighted by molar-refractivity contribution is -0.135. The Morgan fingerprint density at radius 3 is 2.65 bits per heavy atom. The van der Waals surface area contributed by atoms with E-state index in [4.69, 9.17) is 5.26 Å². The maximum atomic E-state index is 13.9. The van der Waals surface area contributed by atoms with Crippen molar-refractivity contribution in [3.63, 3.8) is 0 Å². The molecular formula is C29H37FN8O2. The topological polar surface area (TPSA) is 126 Å². The Balaban J connectivity index is 1.91. The molecule has 11 heteroatoms. The average molecular weight is 549 g/mol. The van der Waals surface area contributed by atoms with E-state index in [0.29, 0.717) is 49.5 Å². The lowest BCUT2D eigenvalue weighted by Crippen LogP contribution is -2.45. The van der Waals surface area contributed by atoms with Gasteiger partial charge in [-0.3, -0.25) is 9.59 Å². The van der Waals surface area contributed by atoms with Crippen LogP contribution in [0.15, 0.2) is 36.5 Å². The molecule has 1 aromatic heterocycles. The minimum Gasteiger partial charge on any atom is -0.369 e. The molecule has 0 aliphatic rings. The number of amides is 2. The lowest BCUT2D eigenvalue weighted by atomic mass is 10.2. The van der Waals surface area contributed by atoms with Crippen LogP contribution in [0.25, 0.3) is 0 Å². The maximum absolute atomic E-state index is 13.9. The molecule has 40 heavy (non-hydrogen) atoms. The minimum absolute atomic E-state index is 0.0394. The summed E-state index contributed by atoms with van der Waals surface area (Å²) in [6.07, 6.45) is 6.87. The van der Waals surface area contributed by atoms with Gasteiger partial charge in [-0.15, -0.1) is 0 Å². The van der Waals surface area contributed by atoms with Crippen LogP contribution in [0.1, 0.15) is 44.2 Å². The first-order valence-electron chi connectivity index (χ1n) is 13.1. The summed E-state index contributed by atoms with van der Waals surface area (Å²) < 4.78 is 13.9. The number of hydrogen-bond donors (Lipinski definition) is 3. The molecule has 0 unspecified atom stereocenters. The molecule has 212 valence electrons. The van der Waals surface area contributed by atoms with Gasteiger partial charge in [0.1, 0.15) is 23.7 Å². The van der Waals surface area contributed by atoms with Crippen LogP contribution < -0.4 is 16.0 Å². The van der Waals surface area contributed by atoms with Gasteiger partial charge in [-0.05, 0) is 52.1 Å². The van der Waals surface area contributed by atoms with Crippen molar-refractivity contribution in [2.45, 2.75) is 39.2 Å². The number of halogens is 1. The number of aromatic nitrogens is 2. The summed E-state index contributed by atoms with van der Waals surface area (Å²) in [5, 5.41) is 17.9. The standard InChI is InChI=1S/C29H37FN8O2/c1-6-15-32-27-23(20-34-29(36-27)35-24-14-13-22(19-31)25(30)18-24)11-8-7-9-16-33-28(40)21(2)38(5)26(39)12-10-17-37(3)4/h10,12-14,18,20-21H,6-7,9,15-17H2,1-5H3,(H,33,40)(H2,32,34,35,36)/b12-10+/t21-/m0/s1. The van der Waals surface area contributed by atoms with Gasteiger partial charge >= 0.3 is 0 Å². The van der Waals surface area contributed by atoms with Crippen molar-refractivity contribution >= 4 is 29.3 Å². The van der Waals surface area contributed by atoms with Gasteiger partial charge in [0.05, 0.1) is 17.3 Å². The van der Waals surface area contributed by atoms with E-state index in [2.05, 4.69) is 37.8 Å². The Morgan fingerprint density at radius 1 is 1.20 bits per heavy atom. The molecule has 10 nitrogen and oxygen atoms in total. The zero-order valence-corrected chi connectivity index (χ0v) is 23.7. The highest BCUT2D eigenvalue weighted by Gasteiger charge is 2.20. The summed E-state index contributed by atoms with van der Waals surface area (Å²) in [4.78, 5) is 36.8. The van der Waals surface area contributed by atoms with Crippen molar-refractivity contribution in [1.82, 2.24) is 25.1 Å². The van der Waals surface area contributed by atoms with E-state index in [0.717, 1.165) is 6.42 Å². The fraction of sp³-hybridized carbons (Fsp3) is 0.414. The van der Waals surface area contributed by atoms with Crippen molar-refractivity contribution in [2.24, 2.45) is 0 Å². The first kappa shape index (κ1) is 31.7. The quantitative estimate of drug-likeness (QED) is 0.198. The van der Waals surface area contributed by atoms with Crippen LogP contribution in [-0.2, 0) is 9.59 Å². The molecule has 2 aromatic rings. The van der Waals surface area contributed by atoms with E-state index in [1.54, 1.807) is 38.4 Å². The third kappa shape index (κ3) is 10.4. The number of hydrogen-bond acceptors (Lipinski definition) is 8. The van der Waals surface area contributed by atoms with Crippen LogP contribution in [0.2, 0.25) is 0 Å². The lowest BCUT2D eigenvalue weighted by Gasteiger charge is -2.23. The molecule has 0 aliphatic carbocycles. The van der Waals surface area contributed by atoms with Gasteiger partial charge in [0.15, 0.2) is 0 Å². The highest BCUT2D eigenvalue weighted by atomic mass is 19.1. The predicted molar refractivity (Wildman–Crippen MR) is 154 cm³/mol. The second-order valence-corrected chi connectivity index (χ2v) is 9.30. The third-order valence-corrected chi connectivity index (χ3v) is 5.72. The largest absolute Gasteiger partial charge is 0.369 e. The normalized spacial score (nSPS) is 11.3. The van der Waals surface area contributed by atoms with Crippen molar-refractivity contribution in [1.29, 1.82) is 5.26 Å². The number of carbonyl (C=O) groups excluding carboxylic acids is 2. The summed E-state index contributed by atoms with van der Waals surface area (Å²) in [6.45, 7) is 5.47. The summed E-state index contributed by atoms with van der Waals surface area (Å²) in [5.41, 5.74) is 0.997. The van der Waals surface area contributed by atoms with Gasteiger partial charge in [0.2, 0.25) is 17.8 Å². The van der Waals surface area contributed by atoms with Crippen LogP contribution in [0, 0.1) is 29.0 Å². The van der Waals surface area contributed by atoms with Crippen LogP contribution >= 0.6 is 0 Å². The van der Waals surface area contributed by atoms with Gasteiger partial charge in [-0.2, -0.15) is 10.2 Å². The monoisotopic (exact) mass is 548 g/mol. The zero-order chi connectivity index (χ0) is 29.5. The molecule has 0 fully saturated rings. The van der Waals surface area contributed by atoms with Gasteiger partial charge < -0.3 is 25.8 Å². The highest BCUT2D eigenvalue weighted by molar-refractivity contribution is 5.92. The molecule has 1 atom stereocenters. The number of rotatable bonds is 13. The first-order valence-corrected chi connectivity index (χ1v) is 13.1. The van der Waals surface area contributed by atoms with Crippen molar-refractivity contribution < 1.29 is 14.0 Å². The molecule has 3 N–H and O–H groups in total. The van der Waals surface area contributed by atoms with Crippen molar-refractivity contribution in [3.8, 4) is 17.9 Å². The minimum atomic E-state index is -0.627. The van der Waals surface area contributed by atoms with Gasteiger partial charge in [-0.25, -0.2) is 9.37 Å². The SMILES string of the molecule is CCCNc1nc(Nc2ccc(C#N)c(F)c2)ncc1C#CCCCNC(=O)[C@H](C)N(C)C(=O)/C=C/CN(C)C. The molecule has 2 amide bonds. The van der Waals surface area contributed by atoms with Crippen LogP contribution in [0.3, 0.4) is 0 Å². The molecule has 0 aliphatic heterocycles. The second kappa shape index (κ2) is 16.5. The molecule has 0 radical (unpaired) electrons. The van der Waals surface area contributed by atoms with E-state index < -0.39 is 11.9 Å². The molecular weight excluding hydrogens is 511 g/mol. The molecule has 0 bridgehead atoms. The predicted octanol–water partition coefficient (Wildman–Crippen LogP) is 3.27. The Labute approximate surface area is 235 Å². The number of nitrogens with zero attached hydrogens (tertiary/aromatic N) is 5. The summed E-state index contributed by atoms with van der Waals surface area (Å²) in [5.74, 6) is 5.89. The van der Waals surface area contributed by atoms with Gasteiger partial charge in [0, 0.05) is 44.9 Å². The van der Waals surface area contributed by atoms with Gasteiger partial charge in [0.25, 0.3) is 0 Å². The molecule has 0 saturated carbocycles. The average Bonchev–Trinajstić information content (AvgIpc) is 2.93. The number of nitrogens with one attached hydrogen (secondary N) is 3. The fourth-order valence-electron chi connectivity index (χ4n) is 3.27.